The van der Waals surface area contributed by atoms with Crippen LogP contribution >= 0.6 is 11.8 Å². The molecule has 0 atom stereocenters. The van der Waals surface area contributed by atoms with Crippen molar-refractivity contribution in [3.05, 3.63) is 41.6 Å². The summed E-state index contributed by atoms with van der Waals surface area (Å²) in [6.07, 6.45) is 0. The van der Waals surface area contributed by atoms with E-state index in [9.17, 15) is 0 Å². The van der Waals surface area contributed by atoms with Gasteiger partial charge in [-0.05, 0) is 24.6 Å². The average Bonchev–Trinajstić information content (AvgIpc) is 2.95. The number of nitrogens with zero attached hydrogens (tertiary/aromatic N) is 2. The molecule has 94 valence electrons. The Morgan fingerprint density at radius 2 is 1.94 bits per heavy atom. The van der Waals surface area contributed by atoms with Gasteiger partial charge in [0.1, 0.15) is 5.04 Å². The lowest BCUT2D eigenvalue weighted by atomic mass is 10.1. The molecule has 1 aliphatic rings. The predicted octanol–water partition coefficient (Wildman–Crippen LogP) is 4.06. The standard InChI is InChI=1S/C13H12N2S.C2H6/c1-9-8-12(13-14-6-7-16-13)15-11-5-3-2-4-10(9)11;1-2/h2-5,8H,6-7H2,1H3;1-2H3. The maximum Gasteiger partial charge on any atom is 0.116 e. The summed E-state index contributed by atoms with van der Waals surface area (Å²) < 4.78 is 0. The largest absolute Gasteiger partial charge is 0.275 e. The number of fused-ring (bicyclic) bond motifs is 1. The van der Waals surface area contributed by atoms with Crippen LogP contribution in [0.4, 0.5) is 0 Å². The van der Waals surface area contributed by atoms with Gasteiger partial charge in [0.15, 0.2) is 0 Å². The molecular weight excluding hydrogens is 240 g/mol. The number of pyridine rings is 1. The third-order valence-electron chi connectivity index (χ3n) is 2.73. The van der Waals surface area contributed by atoms with Crippen molar-refractivity contribution in [3.8, 4) is 0 Å². The molecule has 2 heterocycles. The predicted molar refractivity (Wildman–Crippen MR) is 81.7 cm³/mol. The molecule has 3 heteroatoms. The summed E-state index contributed by atoms with van der Waals surface area (Å²) in [6, 6.07) is 10.4. The fraction of sp³-hybridized carbons (Fsp3) is 0.333. The highest BCUT2D eigenvalue weighted by Gasteiger charge is 2.12. The maximum absolute atomic E-state index is 4.67. The molecule has 2 nitrogen and oxygen atoms in total. The average molecular weight is 258 g/mol. The Balaban J connectivity index is 0.000000574. The zero-order valence-electron chi connectivity index (χ0n) is 11.1. The summed E-state index contributed by atoms with van der Waals surface area (Å²) in [6.45, 7) is 7.06. The molecular formula is C15H18N2S. The van der Waals surface area contributed by atoms with Crippen LogP contribution in [0, 0.1) is 6.92 Å². The highest BCUT2D eigenvalue weighted by Crippen LogP contribution is 2.22. The molecule has 1 aromatic carbocycles. The Kier molecular flexibility index (Phi) is 4.37. The number of aliphatic imine (C=N–C) groups is 1. The fourth-order valence-electron chi connectivity index (χ4n) is 1.95. The van der Waals surface area contributed by atoms with Gasteiger partial charge < -0.3 is 0 Å². The van der Waals surface area contributed by atoms with E-state index in [0.29, 0.717) is 0 Å². The summed E-state index contributed by atoms with van der Waals surface area (Å²) >= 11 is 1.80. The van der Waals surface area contributed by atoms with Crippen LogP contribution in [0.3, 0.4) is 0 Å². The first kappa shape index (κ1) is 13.1. The second-order valence-corrected chi connectivity index (χ2v) is 4.96. The van der Waals surface area contributed by atoms with E-state index in [2.05, 4.69) is 41.2 Å². The number of hydrogen-bond acceptors (Lipinski definition) is 3. The highest BCUT2D eigenvalue weighted by atomic mass is 32.2. The van der Waals surface area contributed by atoms with Gasteiger partial charge in [0.25, 0.3) is 0 Å². The number of thioether (sulfide) groups is 1. The molecule has 0 unspecified atom stereocenters. The van der Waals surface area contributed by atoms with Gasteiger partial charge in [0, 0.05) is 17.7 Å². The fourth-order valence-corrected chi connectivity index (χ4v) is 2.76. The van der Waals surface area contributed by atoms with E-state index >= 15 is 0 Å². The van der Waals surface area contributed by atoms with Gasteiger partial charge in [-0.3, -0.25) is 4.99 Å². The lowest BCUT2D eigenvalue weighted by Gasteiger charge is -2.05. The molecule has 0 N–H and O–H groups in total. The third-order valence-corrected chi connectivity index (χ3v) is 3.73. The number of aromatic nitrogens is 1. The van der Waals surface area contributed by atoms with Crippen molar-refractivity contribution in [3.63, 3.8) is 0 Å². The van der Waals surface area contributed by atoms with Crippen molar-refractivity contribution < 1.29 is 0 Å². The van der Waals surface area contributed by atoms with Gasteiger partial charge in [-0.25, -0.2) is 4.98 Å². The number of aryl methyl sites for hydroxylation is 1. The molecule has 18 heavy (non-hydrogen) atoms. The molecule has 1 aromatic heterocycles. The number of para-hydroxylation sites is 1. The number of hydrogen-bond donors (Lipinski definition) is 0. The van der Waals surface area contributed by atoms with E-state index in [0.717, 1.165) is 28.6 Å². The minimum atomic E-state index is 0.924. The molecule has 0 bridgehead atoms. The van der Waals surface area contributed by atoms with Gasteiger partial charge in [0.2, 0.25) is 0 Å². The van der Waals surface area contributed by atoms with Gasteiger partial charge in [-0.1, -0.05) is 32.0 Å². The SMILES string of the molecule is CC.Cc1cc(C2=NCCS2)nc2ccccc12. The molecule has 0 spiro atoms. The number of benzene rings is 1. The summed E-state index contributed by atoms with van der Waals surface area (Å²) in [5.41, 5.74) is 3.36. The first-order valence-corrected chi connectivity index (χ1v) is 7.37. The van der Waals surface area contributed by atoms with Gasteiger partial charge in [-0.2, -0.15) is 0 Å². The molecule has 0 saturated heterocycles. The summed E-state index contributed by atoms with van der Waals surface area (Å²) in [5.74, 6) is 1.09. The van der Waals surface area contributed by atoms with E-state index in [1.165, 1.54) is 10.9 Å². The Bertz CT molecular complexity index is 576. The van der Waals surface area contributed by atoms with Crippen molar-refractivity contribution in [2.75, 3.05) is 12.3 Å². The minimum Gasteiger partial charge on any atom is -0.275 e. The van der Waals surface area contributed by atoms with Crippen molar-refractivity contribution in [2.45, 2.75) is 20.8 Å². The summed E-state index contributed by atoms with van der Waals surface area (Å²) in [7, 11) is 0. The van der Waals surface area contributed by atoms with E-state index in [1.807, 2.05) is 19.9 Å². The Hall–Kier alpha value is -1.35. The zero-order chi connectivity index (χ0) is 13.0. The zero-order valence-corrected chi connectivity index (χ0v) is 11.9. The van der Waals surface area contributed by atoms with E-state index in [-0.39, 0.29) is 0 Å². The first-order valence-electron chi connectivity index (χ1n) is 6.38. The molecule has 0 amide bonds. The highest BCUT2D eigenvalue weighted by molar-refractivity contribution is 8.14. The van der Waals surface area contributed by atoms with Crippen LogP contribution in [0.5, 0.6) is 0 Å². The van der Waals surface area contributed by atoms with E-state index in [1.54, 1.807) is 11.8 Å². The monoisotopic (exact) mass is 258 g/mol. The van der Waals surface area contributed by atoms with Crippen LogP contribution in [0.25, 0.3) is 10.9 Å². The maximum atomic E-state index is 4.67. The van der Waals surface area contributed by atoms with Crippen molar-refractivity contribution in [1.82, 2.24) is 4.98 Å². The van der Waals surface area contributed by atoms with Gasteiger partial charge >= 0.3 is 0 Å². The van der Waals surface area contributed by atoms with Crippen LogP contribution < -0.4 is 0 Å². The Morgan fingerprint density at radius 3 is 2.67 bits per heavy atom. The topological polar surface area (TPSA) is 25.2 Å². The Labute approximate surface area is 113 Å². The normalized spacial score (nSPS) is 14.1. The van der Waals surface area contributed by atoms with Crippen LogP contribution in [0.1, 0.15) is 25.1 Å². The molecule has 0 saturated carbocycles. The van der Waals surface area contributed by atoms with Crippen LogP contribution in [0.15, 0.2) is 35.3 Å². The van der Waals surface area contributed by atoms with Gasteiger partial charge in [0.05, 0.1) is 11.2 Å². The van der Waals surface area contributed by atoms with Crippen molar-refractivity contribution in [1.29, 1.82) is 0 Å². The van der Waals surface area contributed by atoms with Crippen LogP contribution in [-0.2, 0) is 0 Å². The van der Waals surface area contributed by atoms with E-state index < -0.39 is 0 Å². The Morgan fingerprint density at radius 1 is 1.17 bits per heavy atom. The second-order valence-electron chi connectivity index (χ2n) is 3.88. The second kappa shape index (κ2) is 6.01. The molecule has 0 fully saturated rings. The first-order chi connectivity index (χ1) is 8.84. The van der Waals surface area contributed by atoms with Crippen molar-refractivity contribution >= 4 is 27.7 Å². The summed E-state index contributed by atoms with van der Waals surface area (Å²) in [4.78, 5) is 9.14. The lowest BCUT2D eigenvalue weighted by molar-refractivity contribution is 1.17. The van der Waals surface area contributed by atoms with E-state index in [4.69, 9.17) is 0 Å². The molecule has 0 radical (unpaired) electrons. The van der Waals surface area contributed by atoms with Gasteiger partial charge in [-0.15, -0.1) is 11.8 Å². The quantitative estimate of drug-likeness (QED) is 0.770. The summed E-state index contributed by atoms with van der Waals surface area (Å²) in [5, 5.41) is 2.32. The smallest absolute Gasteiger partial charge is 0.116 e. The molecule has 0 aliphatic carbocycles. The van der Waals surface area contributed by atoms with Crippen LogP contribution in [-0.4, -0.2) is 22.3 Å². The molecule has 3 rings (SSSR count). The third kappa shape index (κ3) is 2.56. The molecule has 1 aliphatic heterocycles. The number of rotatable bonds is 1. The van der Waals surface area contributed by atoms with Crippen molar-refractivity contribution in [2.24, 2.45) is 4.99 Å². The molecule has 2 aromatic rings. The lowest BCUT2D eigenvalue weighted by Crippen LogP contribution is -1.98. The van der Waals surface area contributed by atoms with Crippen LogP contribution in [0.2, 0.25) is 0 Å². The minimum absolute atomic E-state index is 0.924.